The summed E-state index contributed by atoms with van der Waals surface area (Å²) >= 11 is 0. The molecule has 0 spiro atoms. The zero-order valence-electron chi connectivity index (χ0n) is 8.95. The molecule has 5 heteroatoms. The van der Waals surface area contributed by atoms with Crippen molar-refractivity contribution in [3.63, 3.8) is 0 Å². The van der Waals surface area contributed by atoms with Crippen LogP contribution in [0.3, 0.4) is 0 Å². The van der Waals surface area contributed by atoms with E-state index in [1.165, 1.54) is 0 Å². The van der Waals surface area contributed by atoms with Gasteiger partial charge >= 0.3 is 5.97 Å². The maximum absolute atomic E-state index is 11.2. The molecule has 1 aliphatic rings. The first kappa shape index (κ1) is 10.2. The lowest BCUT2D eigenvalue weighted by molar-refractivity contribution is -0.144. The Kier molecular flexibility index (Phi) is 2.08. The molecule has 1 atom stereocenters. The van der Waals surface area contributed by atoms with Crippen LogP contribution in [0.4, 0.5) is 0 Å². The predicted octanol–water partition coefficient (Wildman–Crippen LogP) is 0.303. The lowest BCUT2D eigenvalue weighted by atomic mass is 9.79. The van der Waals surface area contributed by atoms with Crippen molar-refractivity contribution in [3.8, 4) is 0 Å². The van der Waals surface area contributed by atoms with E-state index in [1.807, 2.05) is 14.0 Å². The first-order chi connectivity index (χ1) is 6.97. The molecule has 0 saturated carbocycles. The molecule has 1 heterocycles. The summed E-state index contributed by atoms with van der Waals surface area (Å²) in [5.74, 6) is -0.959. The Morgan fingerprint density at radius 2 is 2.33 bits per heavy atom. The number of carbonyl (C=O) groups is 1. The topological polar surface area (TPSA) is 81.1 Å². The van der Waals surface area contributed by atoms with Gasteiger partial charge in [-0.1, -0.05) is 0 Å². The van der Waals surface area contributed by atoms with Gasteiger partial charge in [-0.2, -0.15) is 5.10 Å². The van der Waals surface area contributed by atoms with Gasteiger partial charge in [0.15, 0.2) is 0 Å². The zero-order chi connectivity index (χ0) is 11.2. The zero-order valence-corrected chi connectivity index (χ0v) is 8.95. The summed E-state index contributed by atoms with van der Waals surface area (Å²) in [6, 6.07) is 0. The van der Waals surface area contributed by atoms with Gasteiger partial charge in [-0.3, -0.25) is 4.68 Å². The van der Waals surface area contributed by atoms with Gasteiger partial charge < -0.3 is 10.8 Å². The fourth-order valence-electron chi connectivity index (χ4n) is 2.31. The molecule has 0 radical (unpaired) electrons. The SMILES string of the molecule is Cc1c2c(nn1C)CCCC2(N)C(=O)O. The second kappa shape index (κ2) is 3.06. The van der Waals surface area contributed by atoms with Gasteiger partial charge in [0, 0.05) is 18.3 Å². The fourth-order valence-corrected chi connectivity index (χ4v) is 2.31. The monoisotopic (exact) mass is 209 g/mol. The van der Waals surface area contributed by atoms with Gasteiger partial charge in [0.25, 0.3) is 0 Å². The molecule has 3 N–H and O–H groups in total. The van der Waals surface area contributed by atoms with Crippen molar-refractivity contribution < 1.29 is 9.90 Å². The van der Waals surface area contributed by atoms with Gasteiger partial charge in [0.2, 0.25) is 0 Å². The van der Waals surface area contributed by atoms with Crippen LogP contribution < -0.4 is 5.73 Å². The van der Waals surface area contributed by atoms with Crippen LogP contribution in [0.1, 0.15) is 29.8 Å². The third kappa shape index (κ3) is 1.26. The third-order valence-electron chi connectivity index (χ3n) is 3.22. The average Bonchev–Trinajstić information content (AvgIpc) is 2.44. The van der Waals surface area contributed by atoms with Crippen molar-refractivity contribution in [2.24, 2.45) is 12.8 Å². The van der Waals surface area contributed by atoms with Crippen LogP contribution in [0, 0.1) is 6.92 Å². The molecular formula is C10H15N3O2. The van der Waals surface area contributed by atoms with E-state index in [0.717, 1.165) is 24.2 Å². The Labute approximate surface area is 87.9 Å². The highest BCUT2D eigenvalue weighted by Crippen LogP contribution is 2.35. The van der Waals surface area contributed by atoms with Crippen molar-refractivity contribution in [2.45, 2.75) is 31.7 Å². The first-order valence-corrected chi connectivity index (χ1v) is 5.02. The molecule has 0 aromatic carbocycles. The molecule has 0 aliphatic heterocycles. The summed E-state index contributed by atoms with van der Waals surface area (Å²) in [5.41, 5.74) is 7.14. The second-order valence-corrected chi connectivity index (χ2v) is 4.16. The minimum absolute atomic E-state index is 0.488. The van der Waals surface area contributed by atoms with E-state index in [4.69, 9.17) is 5.73 Å². The Balaban J connectivity index is 2.64. The molecule has 1 unspecified atom stereocenters. The van der Waals surface area contributed by atoms with Crippen molar-refractivity contribution in [1.82, 2.24) is 9.78 Å². The summed E-state index contributed by atoms with van der Waals surface area (Å²) in [5, 5.41) is 13.5. The Morgan fingerprint density at radius 1 is 1.67 bits per heavy atom. The number of aryl methyl sites for hydroxylation is 2. The van der Waals surface area contributed by atoms with Crippen molar-refractivity contribution in [2.75, 3.05) is 0 Å². The Morgan fingerprint density at radius 3 is 2.93 bits per heavy atom. The number of hydrogen-bond acceptors (Lipinski definition) is 3. The van der Waals surface area contributed by atoms with E-state index in [1.54, 1.807) is 4.68 Å². The van der Waals surface area contributed by atoms with E-state index < -0.39 is 11.5 Å². The summed E-state index contributed by atoms with van der Waals surface area (Å²) in [6.45, 7) is 1.86. The summed E-state index contributed by atoms with van der Waals surface area (Å²) in [7, 11) is 1.82. The minimum atomic E-state index is -1.24. The number of rotatable bonds is 1. The van der Waals surface area contributed by atoms with Gasteiger partial charge in [0.05, 0.1) is 5.69 Å². The number of carboxylic acids is 1. The highest BCUT2D eigenvalue weighted by molar-refractivity contribution is 5.81. The predicted molar refractivity (Wildman–Crippen MR) is 54.4 cm³/mol. The molecule has 0 saturated heterocycles. The summed E-state index contributed by atoms with van der Waals surface area (Å²) < 4.78 is 1.71. The number of carboxylic acid groups (broad SMARTS) is 1. The molecule has 0 bridgehead atoms. The van der Waals surface area contributed by atoms with E-state index in [-0.39, 0.29) is 0 Å². The van der Waals surface area contributed by atoms with E-state index in [2.05, 4.69) is 5.10 Å². The summed E-state index contributed by atoms with van der Waals surface area (Å²) in [4.78, 5) is 11.2. The van der Waals surface area contributed by atoms with Crippen LogP contribution in [0.2, 0.25) is 0 Å². The third-order valence-corrected chi connectivity index (χ3v) is 3.22. The van der Waals surface area contributed by atoms with Crippen LogP contribution in [0.5, 0.6) is 0 Å². The van der Waals surface area contributed by atoms with Crippen LogP contribution >= 0.6 is 0 Å². The Hall–Kier alpha value is -1.36. The lowest BCUT2D eigenvalue weighted by Crippen LogP contribution is -2.47. The molecule has 1 aromatic rings. The quantitative estimate of drug-likeness (QED) is 0.697. The van der Waals surface area contributed by atoms with E-state index >= 15 is 0 Å². The number of aromatic nitrogens is 2. The molecule has 82 valence electrons. The fraction of sp³-hybridized carbons (Fsp3) is 0.600. The van der Waals surface area contributed by atoms with Crippen LogP contribution in [-0.4, -0.2) is 20.9 Å². The highest BCUT2D eigenvalue weighted by atomic mass is 16.4. The average molecular weight is 209 g/mol. The van der Waals surface area contributed by atoms with Gasteiger partial charge in [-0.25, -0.2) is 4.79 Å². The molecule has 0 fully saturated rings. The van der Waals surface area contributed by atoms with Crippen LogP contribution in [0.15, 0.2) is 0 Å². The molecule has 0 amide bonds. The molecule has 1 aromatic heterocycles. The molecule has 15 heavy (non-hydrogen) atoms. The summed E-state index contributed by atoms with van der Waals surface area (Å²) in [6.07, 6.45) is 2.09. The smallest absolute Gasteiger partial charge is 0.328 e. The van der Waals surface area contributed by atoms with Gasteiger partial charge in [-0.05, 0) is 26.2 Å². The van der Waals surface area contributed by atoms with E-state index in [0.29, 0.717) is 12.0 Å². The van der Waals surface area contributed by atoms with Gasteiger partial charge in [0.1, 0.15) is 5.54 Å². The number of hydrogen-bond donors (Lipinski definition) is 2. The van der Waals surface area contributed by atoms with Crippen molar-refractivity contribution in [1.29, 1.82) is 0 Å². The molecule has 2 rings (SSSR count). The number of nitrogens with zero attached hydrogens (tertiary/aromatic N) is 2. The normalized spacial score (nSPS) is 25.0. The number of fused-ring (bicyclic) bond motifs is 1. The maximum Gasteiger partial charge on any atom is 0.328 e. The minimum Gasteiger partial charge on any atom is -0.480 e. The van der Waals surface area contributed by atoms with Crippen LogP contribution in [0.25, 0.3) is 0 Å². The highest BCUT2D eigenvalue weighted by Gasteiger charge is 2.43. The maximum atomic E-state index is 11.2. The number of aliphatic carboxylic acids is 1. The number of nitrogens with two attached hydrogens (primary N) is 1. The lowest BCUT2D eigenvalue weighted by Gasteiger charge is -2.29. The molecule has 1 aliphatic carbocycles. The largest absolute Gasteiger partial charge is 0.480 e. The molecular weight excluding hydrogens is 194 g/mol. The standard InChI is InChI=1S/C10H15N3O2/c1-6-8-7(12-13(6)2)4-3-5-10(8,11)9(14)15/h3-5,11H2,1-2H3,(H,14,15). The van der Waals surface area contributed by atoms with Crippen LogP contribution in [-0.2, 0) is 23.8 Å². The first-order valence-electron chi connectivity index (χ1n) is 5.02. The van der Waals surface area contributed by atoms with E-state index in [9.17, 15) is 9.90 Å². The van der Waals surface area contributed by atoms with Gasteiger partial charge in [-0.15, -0.1) is 0 Å². The van der Waals surface area contributed by atoms with Crippen molar-refractivity contribution in [3.05, 3.63) is 17.0 Å². The van der Waals surface area contributed by atoms with Crippen molar-refractivity contribution >= 4 is 5.97 Å². The second-order valence-electron chi connectivity index (χ2n) is 4.16. The molecule has 5 nitrogen and oxygen atoms in total. The Bertz CT molecular complexity index is 425.